The van der Waals surface area contributed by atoms with Crippen molar-refractivity contribution in [3.8, 4) is 0 Å². The third-order valence-electron chi connectivity index (χ3n) is 1.16. The summed E-state index contributed by atoms with van der Waals surface area (Å²) < 4.78 is 0. The molecule has 0 amide bonds. The molecule has 0 aliphatic carbocycles. The molecule has 1 nitrogen and oxygen atoms in total. The number of carbonyl (C=O) groups excluding carboxylic acids is 1. The van der Waals surface area contributed by atoms with E-state index in [-0.39, 0.29) is 0 Å². The van der Waals surface area contributed by atoms with Gasteiger partial charge in [0.05, 0.1) is 0 Å². The molecule has 0 saturated heterocycles. The van der Waals surface area contributed by atoms with Crippen molar-refractivity contribution in [1.82, 2.24) is 0 Å². The van der Waals surface area contributed by atoms with Crippen LogP contribution >= 0.6 is 0 Å². The predicted octanol–water partition coefficient (Wildman–Crippen LogP) is 1.43. The Kier molecular flexibility index (Phi) is 2.02. The molecule has 1 aromatic rings. The Morgan fingerprint density at radius 3 is 2.44 bits per heavy atom. The SMILES string of the molecule is O=CC[13c]1cccc[13cH]1. The lowest BCUT2D eigenvalue weighted by Crippen LogP contribution is -1.82. The summed E-state index contributed by atoms with van der Waals surface area (Å²) in [6, 6.07) is 9.68. The lowest BCUT2D eigenvalue weighted by atomic mass is 10.5. The third-order valence-corrected chi connectivity index (χ3v) is 1.16. The number of rotatable bonds is 2. The molecule has 1 heteroatoms. The van der Waals surface area contributed by atoms with Crippen LogP contribution in [0.1, 0.15) is 5.56 Å². The topological polar surface area (TPSA) is 17.1 Å². The fourth-order valence-corrected chi connectivity index (χ4v) is 0.710. The molecule has 0 radical (unpaired) electrons. The maximum Gasteiger partial charge on any atom is 0.124 e. The van der Waals surface area contributed by atoms with E-state index in [1.54, 1.807) is 0 Å². The van der Waals surface area contributed by atoms with Crippen molar-refractivity contribution in [2.45, 2.75) is 6.42 Å². The second-order valence-electron chi connectivity index (χ2n) is 1.86. The van der Waals surface area contributed by atoms with Gasteiger partial charge >= 0.3 is 0 Å². The van der Waals surface area contributed by atoms with Crippen LogP contribution in [0.5, 0.6) is 0 Å². The van der Waals surface area contributed by atoms with Gasteiger partial charge in [-0.15, -0.1) is 0 Å². The van der Waals surface area contributed by atoms with Gasteiger partial charge in [0.25, 0.3) is 0 Å². The highest BCUT2D eigenvalue weighted by Gasteiger charge is 1.84. The molecular weight excluding hydrogens is 114 g/mol. The van der Waals surface area contributed by atoms with Gasteiger partial charge in [-0.1, -0.05) is 30.3 Å². The Bertz CT molecular complexity index is 179. The normalized spacial score (nSPS) is 8.89. The number of benzene rings is 1. The van der Waals surface area contributed by atoms with E-state index in [0.717, 1.165) is 11.8 Å². The van der Waals surface area contributed by atoms with Crippen molar-refractivity contribution in [3.05, 3.63) is 35.9 Å². The van der Waals surface area contributed by atoms with Gasteiger partial charge in [-0.25, -0.2) is 0 Å². The average Bonchev–Trinajstić information content (AvgIpc) is 1.91. The van der Waals surface area contributed by atoms with Crippen molar-refractivity contribution < 1.29 is 4.79 Å². The summed E-state index contributed by atoms with van der Waals surface area (Å²) in [6.45, 7) is 0. The van der Waals surface area contributed by atoms with Crippen LogP contribution in [0.15, 0.2) is 30.3 Å². The molecular formula is C8H8O. The Morgan fingerprint density at radius 2 is 1.89 bits per heavy atom. The second kappa shape index (κ2) is 3.02. The highest BCUT2D eigenvalue weighted by molar-refractivity contribution is 5.54. The zero-order valence-corrected chi connectivity index (χ0v) is 5.08. The zero-order valence-electron chi connectivity index (χ0n) is 5.08. The standard InChI is InChI=1S/C8H8O/c9-7-6-8-4-2-1-3-5-8/h1-5,7H,6H2/i4+1,8+1. The summed E-state index contributed by atoms with van der Waals surface area (Å²) in [5.74, 6) is 0. The van der Waals surface area contributed by atoms with Crippen LogP contribution in [-0.2, 0) is 11.2 Å². The quantitative estimate of drug-likeness (QED) is 0.542. The van der Waals surface area contributed by atoms with E-state index < -0.39 is 0 Å². The van der Waals surface area contributed by atoms with E-state index >= 15 is 0 Å². The largest absolute Gasteiger partial charge is 0.303 e. The van der Waals surface area contributed by atoms with Gasteiger partial charge in [0.15, 0.2) is 0 Å². The van der Waals surface area contributed by atoms with Gasteiger partial charge in [-0.2, -0.15) is 0 Å². The fourth-order valence-electron chi connectivity index (χ4n) is 0.710. The highest BCUT2D eigenvalue weighted by atomic mass is 16.1. The van der Waals surface area contributed by atoms with Gasteiger partial charge in [-0.05, 0) is 5.56 Å². The van der Waals surface area contributed by atoms with Crippen LogP contribution in [0.25, 0.3) is 0 Å². The first-order valence-electron chi connectivity index (χ1n) is 2.91. The first-order valence-corrected chi connectivity index (χ1v) is 2.91. The predicted molar refractivity (Wildman–Crippen MR) is 36.2 cm³/mol. The summed E-state index contributed by atoms with van der Waals surface area (Å²) >= 11 is 0. The Hall–Kier alpha value is -1.11. The van der Waals surface area contributed by atoms with E-state index in [1.807, 2.05) is 30.3 Å². The molecule has 0 unspecified atom stereocenters. The lowest BCUT2D eigenvalue weighted by molar-refractivity contribution is -0.107. The van der Waals surface area contributed by atoms with Crippen molar-refractivity contribution in [3.63, 3.8) is 0 Å². The Labute approximate surface area is 54.3 Å². The van der Waals surface area contributed by atoms with Crippen LogP contribution in [0.2, 0.25) is 0 Å². The van der Waals surface area contributed by atoms with Crippen LogP contribution < -0.4 is 0 Å². The summed E-state index contributed by atoms with van der Waals surface area (Å²) in [7, 11) is 0. The first-order chi connectivity index (χ1) is 4.43. The molecule has 0 N–H and O–H groups in total. The molecule has 9 heavy (non-hydrogen) atoms. The smallest absolute Gasteiger partial charge is 0.124 e. The third kappa shape index (κ3) is 1.68. The number of hydrogen-bond acceptors (Lipinski definition) is 1. The minimum absolute atomic E-state index is 0.529. The van der Waals surface area contributed by atoms with Crippen molar-refractivity contribution in [1.29, 1.82) is 0 Å². The molecule has 0 fully saturated rings. The zero-order chi connectivity index (χ0) is 6.53. The summed E-state index contributed by atoms with van der Waals surface area (Å²) in [4.78, 5) is 9.97. The molecule has 0 aromatic heterocycles. The van der Waals surface area contributed by atoms with Gasteiger partial charge in [0.1, 0.15) is 6.29 Å². The molecule has 0 heterocycles. The molecule has 46 valence electrons. The van der Waals surface area contributed by atoms with E-state index in [2.05, 4.69) is 0 Å². The monoisotopic (exact) mass is 122 g/mol. The molecule has 0 spiro atoms. The first kappa shape index (κ1) is 6.02. The maximum atomic E-state index is 9.97. The lowest BCUT2D eigenvalue weighted by Gasteiger charge is -1.89. The molecule has 1 rings (SSSR count). The average molecular weight is 122 g/mol. The van der Waals surface area contributed by atoms with Gasteiger partial charge in [-0.3, -0.25) is 0 Å². The van der Waals surface area contributed by atoms with Crippen molar-refractivity contribution >= 4 is 6.29 Å². The van der Waals surface area contributed by atoms with Crippen molar-refractivity contribution in [2.75, 3.05) is 0 Å². The summed E-state index contributed by atoms with van der Waals surface area (Å²) in [5.41, 5.74) is 1.08. The molecule has 1 aromatic carbocycles. The molecule has 0 aliphatic rings. The fraction of sp³-hybridized carbons (Fsp3) is 0.125. The molecule has 0 aliphatic heterocycles. The molecule has 0 bridgehead atoms. The minimum atomic E-state index is 0.529. The summed E-state index contributed by atoms with van der Waals surface area (Å²) in [6.07, 6.45) is 1.44. The van der Waals surface area contributed by atoms with Crippen LogP contribution in [0.4, 0.5) is 0 Å². The molecule has 0 atom stereocenters. The Balaban J connectivity index is 2.72. The van der Waals surface area contributed by atoms with E-state index in [4.69, 9.17) is 0 Å². The van der Waals surface area contributed by atoms with Crippen LogP contribution in [-0.4, -0.2) is 6.29 Å². The number of aldehydes is 1. The van der Waals surface area contributed by atoms with E-state index in [9.17, 15) is 4.79 Å². The second-order valence-corrected chi connectivity index (χ2v) is 1.86. The van der Waals surface area contributed by atoms with Gasteiger partial charge in [0, 0.05) is 6.42 Å². The Morgan fingerprint density at radius 1 is 1.22 bits per heavy atom. The number of hydrogen-bond donors (Lipinski definition) is 0. The van der Waals surface area contributed by atoms with Crippen LogP contribution in [0.3, 0.4) is 0 Å². The van der Waals surface area contributed by atoms with Crippen molar-refractivity contribution in [2.24, 2.45) is 0 Å². The molecule has 0 saturated carbocycles. The number of carbonyl (C=O) groups is 1. The van der Waals surface area contributed by atoms with Gasteiger partial charge in [0.2, 0.25) is 0 Å². The van der Waals surface area contributed by atoms with E-state index in [1.165, 1.54) is 0 Å². The maximum absolute atomic E-state index is 9.97. The minimum Gasteiger partial charge on any atom is -0.303 e. The summed E-state index contributed by atoms with van der Waals surface area (Å²) in [5, 5.41) is 0. The van der Waals surface area contributed by atoms with Crippen LogP contribution in [0, 0.1) is 0 Å². The van der Waals surface area contributed by atoms with E-state index in [0.29, 0.717) is 6.42 Å². The van der Waals surface area contributed by atoms with Gasteiger partial charge < -0.3 is 4.79 Å². The highest BCUT2D eigenvalue weighted by Crippen LogP contribution is 1.96.